The van der Waals surface area contributed by atoms with Crippen LogP contribution in [0, 0.1) is 29.0 Å². The molecule has 0 spiro atoms. The third-order valence-corrected chi connectivity index (χ3v) is 7.28. The molecule has 0 N–H and O–H groups in total. The summed E-state index contributed by atoms with van der Waals surface area (Å²) >= 11 is 0. The molecule has 2 aromatic rings. The SMILES string of the molecule is COC(=O)[C@@]12CC(C)(F)[C@@H](C)[C@H](/C=C/c3ccc(-c4cccc(F)c4)cn3)[C@@H]1[C@@H](C)OC2=O. The molecule has 2 heterocycles. The van der Waals surface area contributed by atoms with Crippen LogP contribution in [0.2, 0.25) is 0 Å². The van der Waals surface area contributed by atoms with Crippen molar-refractivity contribution >= 4 is 18.0 Å². The highest BCUT2D eigenvalue weighted by Crippen LogP contribution is 2.59. The Hall–Kier alpha value is -3.09. The molecule has 174 valence electrons. The highest BCUT2D eigenvalue weighted by Gasteiger charge is 2.70. The zero-order valence-electron chi connectivity index (χ0n) is 19.0. The van der Waals surface area contributed by atoms with Crippen LogP contribution in [0.4, 0.5) is 8.78 Å². The summed E-state index contributed by atoms with van der Waals surface area (Å²) in [5.74, 6) is -3.29. The van der Waals surface area contributed by atoms with Crippen molar-refractivity contribution in [1.82, 2.24) is 4.98 Å². The second-order valence-electron chi connectivity index (χ2n) is 9.26. The van der Waals surface area contributed by atoms with Crippen LogP contribution >= 0.6 is 0 Å². The van der Waals surface area contributed by atoms with Gasteiger partial charge in [0.25, 0.3) is 0 Å². The maximum Gasteiger partial charge on any atom is 0.324 e. The first-order valence-electron chi connectivity index (χ1n) is 11.0. The molecule has 7 heteroatoms. The maximum absolute atomic E-state index is 15.7. The molecule has 6 atom stereocenters. The molecule has 2 aliphatic rings. The van der Waals surface area contributed by atoms with Gasteiger partial charge in [0.05, 0.1) is 12.8 Å². The number of carbonyl (C=O) groups excluding carboxylic acids is 2. The molecule has 1 unspecified atom stereocenters. The van der Waals surface area contributed by atoms with Gasteiger partial charge in [0, 0.05) is 24.1 Å². The van der Waals surface area contributed by atoms with Crippen LogP contribution < -0.4 is 0 Å². The molecule has 1 aromatic carbocycles. The summed E-state index contributed by atoms with van der Waals surface area (Å²) in [6, 6.07) is 9.86. The number of methoxy groups -OCH3 is 1. The smallest absolute Gasteiger partial charge is 0.324 e. The lowest BCUT2D eigenvalue weighted by Gasteiger charge is -2.48. The normalized spacial score (nSPS) is 33.6. The average molecular weight is 456 g/mol. The number of nitrogens with zero attached hydrogens (tertiary/aromatic N) is 1. The van der Waals surface area contributed by atoms with E-state index in [0.717, 1.165) is 5.56 Å². The Morgan fingerprint density at radius 3 is 2.64 bits per heavy atom. The number of aromatic nitrogens is 1. The second kappa shape index (κ2) is 8.36. The van der Waals surface area contributed by atoms with Crippen molar-refractivity contribution in [2.45, 2.75) is 39.0 Å². The molecule has 1 saturated heterocycles. The summed E-state index contributed by atoms with van der Waals surface area (Å²) in [7, 11) is 1.20. The van der Waals surface area contributed by atoms with Crippen LogP contribution in [0.5, 0.6) is 0 Å². The third kappa shape index (κ3) is 3.83. The van der Waals surface area contributed by atoms with Crippen LogP contribution in [-0.4, -0.2) is 35.8 Å². The van der Waals surface area contributed by atoms with Crippen molar-refractivity contribution in [3.05, 3.63) is 60.2 Å². The van der Waals surface area contributed by atoms with Gasteiger partial charge in [-0.2, -0.15) is 0 Å². The molecule has 4 rings (SSSR count). The van der Waals surface area contributed by atoms with E-state index in [1.165, 1.54) is 26.2 Å². The van der Waals surface area contributed by atoms with Crippen LogP contribution in [0.3, 0.4) is 0 Å². The Bertz CT molecular complexity index is 1090. The second-order valence-corrected chi connectivity index (χ2v) is 9.26. The van der Waals surface area contributed by atoms with Gasteiger partial charge in [0.15, 0.2) is 5.41 Å². The van der Waals surface area contributed by atoms with Crippen molar-refractivity contribution in [2.75, 3.05) is 7.11 Å². The highest BCUT2D eigenvalue weighted by molar-refractivity contribution is 6.02. The van der Waals surface area contributed by atoms with E-state index in [1.54, 1.807) is 44.3 Å². The zero-order chi connectivity index (χ0) is 24.0. The predicted octanol–water partition coefficient (Wildman–Crippen LogP) is 5.01. The predicted molar refractivity (Wildman–Crippen MR) is 119 cm³/mol. The molecule has 1 aromatic heterocycles. The van der Waals surface area contributed by atoms with E-state index in [0.29, 0.717) is 11.3 Å². The lowest BCUT2D eigenvalue weighted by molar-refractivity contribution is -0.174. The number of carbonyl (C=O) groups is 2. The molecule has 1 aliphatic heterocycles. The Morgan fingerprint density at radius 1 is 1.24 bits per heavy atom. The standard InChI is InChI=1S/C26H27F2NO4/c1-15-21(11-10-20-9-8-18(13-29-20)17-6-5-7-19(27)12-17)22-16(2)33-24(31)26(22,23(30)32-4)14-25(15,3)28/h5-13,15-16,21-22H,14H2,1-4H3/b11-10+/t15-,16+,21-,22-,25?,26+/m0/s1. The van der Waals surface area contributed by atoms with Gasteiger partial charge in [-0.15, -0.1) is 0 Å². The monoisotopic (exact) mass is 455 g/mol. The van der Waals surface area contributed by atoms with Crippen LogP contribution in [-0.2, 0) is 19.1 Å². The molecule has 1 saturated carbocycles. The molecular formula is C26H27F2NO4. The quantitative estimate of drug-likeness (QED) is 0.479. The van der Waals surface area contributed by atoms with Gasteiger partial charge in [0.2, 0.25) is 0 Å². The van der Waals surface area contributed by atoms with Crippen molar-refractivity contribution in [3.8, 4) is 11.1 Å². The molecule has 0 radical (unpaired) electrons. The lowest BCUT2D eigenvalue weighted by Crippen LogP contribution is -2.57. The van der Waals surface area contributed by atoms with E-state index in [1.807, 2.05) is 12.1 Å². The largest absolute Gasteiger partial charge is 0.468 e. The van der Waals surface area contributed by atoms with Gasteiger partial charge < -0.3 is 9.47 Å². The number of ether oxygens (including phenoxy) is 2. The first-order valence-corrected chi connectivity index (χ1v) is 11.0. The Morgan fingerprint density at radius 2 is 2.00 bits per heavy atom. The summed E-state index contributed by atoms with van der Waals surface area (Å²) in [4.78, 5) is 30.0. The zero-order valence-corrected chi connectivity index (χ0v) is 19.0. The summed E-state index contributed by atoms with van der Waals surface area (Å²) < 4.78 is 39.6. The van der Waals surface area contributed by atoms with E-state index in [2.05, 4.69) is 4.98 Å². The van der Waals surface area contributed by atoms with Crippen molar-refractivity contribution < 1.29 is 27.8 Å². The molecule has 2 fully saturated rings. The molecule has 0 amide bonds. The number of benzene rings is 1. The summed E-state index contributed by atoms with van der Waals surface area (Å²) in [6.45, 7) is 4.93. The fraction of sp³-hybridized carbons (Fsp3) is 0.423. The summed E-state index contributed by atoms with van der Waals surface area (Å²) in [5, 5.41) is 0. The minimum Gasteiger partial charge on any atom is -0.468 e. The van der Waals surface area contributed by atoms with Crippen LogP contribution in [0.25, 0.3) is 17.2 Å². The molecule has 1 aliphatic carbocycles. The van der Waals surface area contributed by atoms with Gasteiger partial charge in [-0.25, -0.2) is 8.78 Å². The Kier molecular flexibility index (Phi) is 5.85. The third-order valence-electron chi connectivity index (χ3n) is 7.28. The number of allylic oxidation sites excluding steroid dienone is 1. The van der Waals surface area contributed by atoms with Crippen molar-refractivity contribution in [2.24, 2.45) is 23.2 Å². The Balaban J connectivity index is 1.67. The molecular weight excluding hydrogens is 428 g/mol. The number of rotatable bonds is 4. The molecule has 33 heavy (non-hydrogen) atoms. The number of cyclic esters (lactones) is 1. The van der Waals surface area contributed by atoms with Crippen LogP contribution in [0.15, 0.2) is 48.7 Å². The summed E-state index contributed by atoms with van der Waals surface area (Å²) in [5.41, 5.74) is -1.35. The van der Waals surface area contributed by atoms with E-state index in [4.69, 9.17) is 9.47 Å². The minimum absolute atomic E-state index is 0.271. The summed E-state index contributed by atoms with van der Waals surface area (Å²) in [6.07, 6.45) is 4.38. The number of alkyl halides is 1. The van der Waals surface area contributed by atoms with Crippen molar-refractivity contribution in [3.63, 3.8) is 0 Å². The average Bonchev–Trinajstić information content (AvgIpc) is 3.03. The molecule has 5 nitrogen and oxygen atoms in total. The fourth-order valence-electron chi connectivity index (χ4n) is 5.45. The van der Waals surface area contributed by atoms with E-state index >= 15 is 4.39 Å². The number of pyridine rings is 1. The highest BCUT2D eigenvalue weighted by atomic mass is 19.1. The number of hydrogen-bond acceptors (Lipinski definition) is 5. The lowest BCUT2D eigenvalue weighted by atomic mass is 9.53. The minimum atomic E-state index is -1.78. The Labute approximate surface area is 191 Å². The van der Waals surface area contributed by atoms with Gasteiger partial charge in [-0.05, 0) is 55.5 Å². The van der Waals surface area contributed by atoms with Gasteiger partial charge in [-0.3, -0.25) is 14.6 Å². The van der Waals surface area contributed by atoms with E-state index in [-0.39, 0.29) is 12.2 Å². The van der Waals surface area contributed by atoms with Crippen molar-refractivity contribution in [1.29, 1.82) is 0 Å². The number of fused-ring (bicyclic) bond motifs is 1. The number of hydrogen-bond donors (Lipinski definition) is 0. The van der Waals surface area contributed by atoms with Crippen LogP contribution in [0.1, 0.15) is 32.9 Å². The van der Waals surface area contributed by atoms with Gasteiger partial charge >= 0.3 is 11.9 Å². The maximum atomic E-state index is 15.7. The number of halogens is 2. The van der Waals surface area contributed by atoms with Gasteiger partial charge in [-0.1, -0.05) is 31.2 Å². The fourth-order valence-corrected chi connectivity index (χ4v) is 5.45. The first-order chi connectivity index (χ1) is 15.6. The van der Waals surface area contributed by atoms with Gasteiger partial charge in [0.1, 0.15) is 17.6 Å². The first kappa shape index (κ1) is 23.1. The van der Waals surface area contributed by atoms with E-state index in [9.17, 15) is 14.0 Å². The topological polar surface area (TPSA) is 65.5 Å². The molecule has 0 bridgehead atoms. The number of esters is 2. The van der Waals surface area contributed by atoms with E-state index < -0.39 is 46.9 Å².